The van der Waals surface area contributed by atoms with Crippen LogP contribution in [0.15, 0.2) is 23.0 Å². The molecule has 3 rings (SSSR count). The van der Waals surface area contributed by atoms with E-state index in [1.54, 1.807) is 12.1 Å². The topological polar surface area (TPSA) is 95.0 Å². The maximum absolute atomic E-state index is 12.0. The third-order valence-corrected chi connectivity index (χ3v) is 4.27. The fraction of sp³-hybridized carbons (Fsp3) is 0.286. The predicted octanol–water partition coefficient (Wildman–Crippen LogP) is 2.55. The van der Waals surface area contributed by atoms with E-state index in [-0.39, 0.29) is 11.2 Å². The van der Waals surface area contributed by atoms with Crippen molar-refractivity contribution in [2.45, 2.75) is 19.5 Å². The highest BCUT2D eigenvalue weighted by Gasteiger charge is 2.22. The Morgan fingerprint density at radius 1 is 1.39 bits per heavy atom. The average molecular weight is 353 g/mol. The molecule has 1 aromatic carbocycles. The number of hydrogen-bond acceptors (Lipinski definition) is 5. The lowest BCUT2D eigenvalue weighted by atomic mass is 10.1. The molecule has 0 saturated carbocycles. The summed E-state index contributed by atoms with van der Waals surface area (Å²) in [5.41, 5.74) is 1.81. The van der Waals surface area contributed by atoms with E-state index in [9.17, 15) is 14.9 Å². The van der Waals surface area contributed by atoms with Crippen LogP contribution in [0.1, 0.15) is 16.8 Å². The van der Waals surface area contributed by atoms with Crippen molar-refractivity contribution >= 4 is 29.5 Å². The van der Waals surface area contributed by atoms with Gasteiger partial charge in [-0.3, -0.25) is 24.8 Å². The number of fused-ring (bicyclic) bond motifs is 1. The van der Waals surface area contributed by atoms with Gasteiger partial charge in [0, 0.05) is 48.4 Å². The summed E-state index contributed by atoms with van der Waals surface area (Å²) in [6.07, 6.45) is 0.643. The molecule has 2 heterocycles. The third-order valence-electron chi connectivity index (χ3n) is 3.83. The van der Waals surface area contributed by atoms with Gasteiger partial charge >= 0.3 is 0 Å². The largest absolute Gasteiger partial charge is 0.335 e. The van der Waals surface area contributed by atoms with Crippen LogP contribution in [-0.2, 0) is 19.5 Å². The van der Waals surface area contributed by atoms with E-state index in [0.717, 1.165) is 5.69 Å². The maximum Gasteiger partial charge on any atom is 0.275 e. The molecule has 0 atom stereocenters. The molecule has 0 fully saturated rings. The van der Waals surface area contributed by atoms with Crippen LogP contribution in [-0.4, -0.2) is 26.3 Å². The summed E-state index contributed by atoms with van der Waals surface area (Å²) in [5.74, 6) is 0. The quantitative estimate of drug-likeness (QED) is 0.503. The maximum atomic E-state index is 12.0. The van der Waals surface area contributed by atoms with Crippen molar-refractivity contribution < 1.29 is 4.92 Å². The number of hydrogen-bond donors (Lipinski definition) is 2. The zero-order valence-electron chi connectivity index (χ0n) is 12.0. The highest BCUT2D eigenvalue weighted by atomic mass is 35.5. The first-order valence-electron chi connectivity index (χ1n) is 6.93. The Hall–Kier alpha value is -2.03. The van der Waals surface area contributed by atoms with E-state index < -0.39 is 4.92 Å². The second-order valence-corrected chi connectivity index (χ2v) is 6.20. The molecule has 0 radical (unpaired) electrons. The highest BCUT2D eigenvalue weighted by molar-refractivity contribution is 7.71. The number of aromatic amines is 2. The Bertz CT molecular complexity index is 892. The van der Waals surface area contributed by atoms with Gasteiger partial charge in [-0.1, -0.05) is 11.6 Å². The van der Waals surface area contributed by atoms with Crippen LogP contribution >= 0.6 is 23.8 Å². The number of H-pyrrole nitrogens is 2. The minimum absolute atomic E-state index is 0.00956. The molecule has 0 unspecified atom stereocenters. The monoisotopic (exact) mass is 352 g/mol. The van der Waals surface area contributed by atoms with Gasteiger partial charge in [-0.05, 0) is 24.4 Å². The molecule has 0 saturated heterocycles. The van der Waals surface area contributed by atoms with E-state index in [1.165, 1.54) is 6.07 Å². The molecule has 7 nitrogen and oxygen atoms in total. The minimum Gasteiger partial charge on any atom is -0.335 e. The Labute approximate surface area is 141 Å². The lowest BCUT2D eigenvalue weighted by Crippen LogP contribution is -2.35. The number of rotatable bonds is 3. The van der Waals surface area contributed by atoms with E-state index in [1.807, 2.05) is 4.90 Å². The van der Waals surface area contributed by atoms with Crippen molar-refractivity contribution in [2.24, 2.45) is 0 Å². The Balaban J connectivity index is 1.87. The van der Waals surface area contributed by atoms with Crippen LogP contribution in [0.5, 0.6) is 0 Å². The van der Waals surface area contributed by atoms with Crippen LogP contribution in [0.4, 0.5) is 5.69 Å². The molecular weight excluding hydrogens is 340 g/mol. The Morgan fingerprint density at radius 3 is 2.91 bits per heavy atom. The second-order valence-electron chi connectivity index (χ2n) is 5.36. The van der Waals surface area contributed by atoms with Crippen molar-refractivity contribution in [1.29, 1.82) is 0 Å². The number of nitro benzene ring substituents is 1. The van der Waals surface area contributed by atoms with Crippen molar-refractivity contribution in [3.63, 3.8) is 0 Å². The van der Waals surface area contributed by atoms with E-state index in [0.29, 0.717) is 47.0 Å². The molecule has 2 N–H and O–H groups in total. The lowest BCUT2D eigenvalue weighted by Gasteiger charge is -2.27. The summed E-state index contributed by atoms with van der Waals surface area (Å²) in [6, 6.07) is 4.63. The number of nitrogens with zero attached hydrogens (tertiary/aromatic N) is 2. The van der Waals surface area contributed by atoms with E-state index >= 15 is 0 Å². The van der Waals surface area contributed by atoms with Crippen LogP contribution in [0.2, 0.25) is 5.02 Å². The summed E-state index contributed by atoms with van der Waals surface area (Å²) in [6.45, 7) is 1.47. The zero-order chi connectivity index (χ0) is 16.6. The Kier molecular flexibility index (Phi) is 4.29. The van der Waals surface area contributed by atoms with E-state index in [4.69, 9.17) is 23.8 Å². The second kappa shape index (κ2) is 6.23. The first kappa shape index (κ1) is 15.9. The summed E-state index contributed by atoms with van der Waals surface area (Å²) in [5, 5.41) is 11.5. The predicted molar refractivity (Wildman–Crippen MR) is 88.2 cm³/mol. The van der Waals surface area contributed by atoms with Gasteiger partial charge in [0.25, 0.3) is 11.2 Å². The molecule has 1 aliphatic rings. The Morgan fingerprint density at radius 2 is 2.17 bits per heavy atom. The van der Waals surface area contributed by atoms with Crippen molar-refractivity contribution in [2.75, 3.05) is 6.54 Å². The molecule has 0 amide bonds. The van der Waals surface area contributed by atoms with Gasteiger partial charge in [-0.2, -0.15) is 0 Å². The number of aromatic nitrogens is 2. The summed E-state index contributed by atoms with van der Waals surface area (Å²) in [4.78, 5) is 30.3. The van der Waals surface area contributed by atoms with Crippen molar-refractivity contribution in [1.82, 2.24) is 14.9 Å². The van der Waals surface area contributed by atoms with Crippen LogP contribution in [0.25, 0.3) is 0 Å². The SMILES string of the molecule is O=c1[nH]c(=S)[nH]c2c1CN(Cc1ccc(Cl)cc1[N+](=O)[O-])CC2. The molecule has 0 aliphatic carbocycles. The molecule has 2 aromatic rings. The average Bonchev–Trinajstić information content (AvgIpc) is 2.49. The molecule has 120 valence electrons. The summed E-state index contributed by atoms with van der Waals surface area (Å²) < 4.78 is 0.315. The van der Waals surface area contributed by atoms with Gasteiger partial charge in [-0.15, -0.1) is 0 Å². The van der Waals surface area contributed by atoms with Gasteiger partial charge in [0.2, 0.25) is 0 Å². The fourth-order valence-electron chi connectivity index (χ4n) is 2.73. The van der Waals surface area contributed by atoms with Crippen LogP contribution < -0.4 is 5.56 Å². The first-order chi connectivity index (χ1) is 10.9. The molecule has 1 aromatic heterocycles. The van der Waals surface area contributed by atoms with Crippen molar-refractivity contribution in [3.05, 3.63) is 65.3 Å². The summed E-state index contributed by atoms with van der Waals surface area (Å²) in [7, 11) is 0. The lowest BCUT2D eigenvalue weighted by molar-refractivity contribution is -0.385. The number of halogens is 1. The van der Waals surface area contributed by atoms with Gasteiger partial charge in [0.15, 0.2) is 4.77 Å². The molecule has 0 bridgehead atoms. The minimum atomic E-state index is -0.441. The van der Waals surface area contributed by atoms with E-state index in [2.05, 4.69) is 9.97 Å². The number of benzene rings is 1. The van der Waals surface area contributed by atoms with Crippen molar-refractivity contribution in [3.8, 4) is 0 Å². The highest BCUT2D eigenvalue weighted by Crippen LogP contribution is 2.26. The fourth-order valence-corrected chi connectivity index (χ4v) is 3.11. The molecule has 1 aliphatic heterocycles. The van der Waals surface area contributed by atoms with Crippen LogP contribution in [0, 0.1) is 14.9 Å². The van der Waals surface area contributed by atoms with Gasteiger partial charge in [0.05, 0.1) is 10.5 Å². The first-order valence-corrected chi connectivity index (χ1v) is 7.72. The zero-order valence-corrected chi connectivity index (χ0v) is 13.5. The normalized spacial score (nSPS) is 14.5. The van der Waals surface area contributed by atoms with Crippen LogP contribution in [0.3, 0.4) is 0 Å². The molecule has 0 spiro atoms. The van der Waals surface area contributed by atoms with Gasteiger partial charge in [0.1, 0.15) is 0 Å². The van der Waals surface area contributed by atoms with Gasteiger partial charge in [-0.25, -0.2) is 0 Å². The third kappa shape index (κ3) is 3.34. The smallest absolute Gasteiger partial charge is 0.275 e. The number of nitrogens with one attached hydrogen (secondary N) is 2. The molecule has 23 heavy (non-hydrogen) atoms. The van der Waals surface area contributed by atoms with Gasteiger partial charge < -0.3 is 4.98 Å². The standard InChI is InChI=1S/C14H13ClN4O3S/c15-9-2-1-8(12(5-9)19(21)22)6-18-4-3-11-10(7-18)13(20)17-14(23)16-11/h1-2,5H,3-4,6-7H2,(H2,16,17,20,23). The molecule has 9 heteroatoms. The molecular formula is C14H13ClN4O3S. The summed E-state index contributed by atoms with van der Waals surface area (Å²) >= 11 is 10.8. The number of nitro groups is 1.